The zero-order valence-electron chi connectivity index (χ0n) is 11.2. The van der Waals surface area contributed by atoms with E-state index in [1.54, 1.807) is 11.0 Å². The van der Waals surface area contributed by atoms with Crippen molar-refractivity contribution < 1.29 is 19.4 Å². The number of aliphatic carboxylic acids is 1. The lowest BCUT2D eigenvalue weighted by Gasteiger charge is -2.17. The van der Waals surface area contributed by atoms with Crippen LogP contribution in [0.2, 0.25) is 0 Å². The highest BCUT2D eigenvalue weighted by molar-refractivity contribution is 9.11. The van der Waals surface area contributed by atoms with Crippen molar-refractivity contribution in [1.82, 2.24) is 4.90 Å². The summed E-state index contributed by atoms with van der Waals surface area (Å²) >= 11 is 6.72. The molecule has 1 N–H and O–H groups in total. The van der Waals surface area contributed by atoms with Crippen LogP contribution >= 0.6 is 31.9 Å². The Balaban J connectivity index is 1.84. The molecule has 0 aromatic heterocycles. The molecule has 0 radical (unpaired) electrons. The number of likely N-dealkylation sites (tertiary alicyclic amines) is 1. The third kappa shape index (κ3) is 4.71. The maximum atomic E-state index is 12.1. The lowest BCUT2D eigenvalue weighted by atomic mass is 10.1. The van der Waals surface area contributed by atoms with Crippen LogP contribution in [0, 0.1) is 5.92 Å². The van der Waals surface area contributed by atoms with Gasteiger partial charge in [-0.05, 0) is 46.5 Å². The van der Waals surface area contributed by atoms with Crippen molar-refractivity contribution in [1.29, 1.82) is 0 Å². The predicted molar refractivity (Wildman–Crippen MR) is 84.3 cm³/mol. The molecule has 1 saturated heterocycles. The average molecular weight is 421 g/mol. The number of halogens is 2. The van der Waals surface area contributed by atoms with Gasteiger partial charge in [0.15, 0.2) is 6.61 Å². The summed E-state index contributed by atoms with van der Waals surface area (Å²) in [6, 6.07) is 5.46. The fraction of sp³-hybridized carbons (Fsp3) is 0.429. The number of nitrogens with zero attached hydrogens (tertiary/aromatic N) is 1. The zero-order valence-corrected chi connectivity index (χ0v) is 14.4. The summed E-state index contributed by atoms with van der Waals surface area (Å²) in [6.07, 6.45) is 0.850. The summed E-state index contributed by atoms with van der Waals surface area (Å²) in [6.45, 7) is 1.05. The van der Waals surface area contributed by atoms with Crippen molar-refractivity contribution >= 4 is 43.7 Å². The third-order valence-corrected chi connectivity index (χ3v) is 4.46. The highest BCUT2D eigenvalue weighted by Crippen LogP contribution is 2.28. The number of ether oxygens (including phenoxy) is 1. The zero-order chi connectivity index (χ0) is 15.4. The van der Waals surface area contributed by atoms with Crippen molar-refractivity contribution in [2.24, 2.45) is 5.92 Å². The second-order valence-corrected chi connectivity index (χ2v) is 6.73. The number of benzene rings is 1. The summed E-state index contributed by atoms with van der Waals surface area (Å²) in [5.41, 5.74) is 0. The van der Waals surface area contributed by atoms with E-state index in [0.717, 1.165) is 15.4 Å². The van der Waals surface area contributed by atoms with E-state index in [9.17, 15) is 9.59 Å². The van der Waals surface area contributed by atoms with Crippen LogP contribution in [-0.4, -0.2) is 41.6 Å². The van der Waals surface area contributed by atoms with E-state index in [1.165, 1.54) is 0 Å². The van der Waals surface area contributed by atoms with Crippen molar-refractivity contribution in [3.05, 3.63) is 27.1 Å². The van der Waals surface area contributed by atoms with Crippen LogP contribution in [0.15, 0.2) is 27.1 Å². The minimum atomic E-state index is -0.815. The van der Waals surface area contributed by atoms with E-state index in [4.69, 9.17) is 9.84 Å². The molecule has 1 aliphatic heterocycles. The molecule has 0 bridgehead atoms. The van der Waals surface area contributed by atoms with Crippen LogP contribution in [0.5, 0.6) is 5.75 Å². The largest absolute Gasteiger partial charge is 0.483 e. The molecule has 0 saturated carbocycles. The molecule has 1 unspecified atom stereocenters. The Labute approximate surface area is 139 Å². The van der Waals surface area contributed by atoms with Crippen LogP contribution in [0.1, 0.15) is 12.8 Å². The van der Waals surface area contributed by atoms with E-state index in [0.29, 0.717) is 18.8 Å². The summed E-state index contributed by atoms with van der Waals surface area (Å²) in [4.78, 5) is 24.4. The predicted octanol–water partition coefficient (Wildman–Crippen LogP) is 2.91. The second-order valence-electron chi connectivity index (χ2n) is 4.96. The van der Waals surface area contributed by atoms with Gasteiger partial charge in [-0.15, -0.1) is 0 Å². The topological polar surface area (TPSA) is 66.8 Å². The Bertz CT molecular complexity index is 550. The maximum absolute atomic E-state index is 12.1. The molecule has 1 aromatic rings. The van der Waals surface area contributed by atoms with E-state index >= 15 is 0 Å². The van der Waals surface area contributed by atoms with Crippen LogP contribution in [0.3, 0.4) is 0 Å². The molecule has 0 spiro atoms. The van der Waals surface area contributed by atoms with Crippen molar-refractivity contribution in [3.63, 3.8) is 0 Å². The standard InChI is InChI=1S/C14H15Br2NO4/c15-10-1-2-12(11(16)6-10)21-8-13(18)17-4-3-9(7-17)5-14(19)20/h1-2,6,9H,3-5,7-8H2,(H,19,20). The molecular formula is C14H15Br2NO4. The van der Waals surface area contributed by atoms with Gasteiger partial charge in [0.1, 0.15) is 5.75 Å². The Morgan fingerprint density at radius 3 is 2.81 bits per heavy atom. The first-order valence-corrected chi connectivity index (χ1v) is 8.11. The molecular weight excluding hydrogens is 406 g/mol. The number of carbonyl (C=O) groups is 2. The number of amides is 1. The Morgan fingerprint density at radius 1 is 1.38 bits per heavy atom. The molecule has 5 nitrogen and oxygen atoms in total. The van der Waals surface area contributed by atoms with Gasteiger partial charge >= 0.3 is 5.97 Å². The average Bonchev–Trinajstić information content (AvgIpc) is 2.85. The highest BCUT2D eigenvalue weighted by Gasteiger charge is 2.27. The highest BCUT2D eigenvalue weighted by atomic mass is 79.9. The lowest BCUT2D eigenvalue weighted by Crippen LogP contribution is -2.33. The SMILES string of the molecule is O=C(O)CC1CCN(C(=O)COc2ccc(Br)cc2Br)C1. The van der Waals surface area contributed by atoms with Crippen LogP contribution in [0.4, 0.5) is 0 Å². The van der Waals surface area contributed by atoms with Gasteiger partial charge in [0.05, 0.1) is 4.47 Å². The Hall–Kier alpha value is -1.08. The second kappa shape index (κ2) is 7.26. The molecule has 1 aromatic carbocycles. The van der Waals surface area contributed by atoms with Crippen molar-refractivity contribution in [2.75, 3.05) is 19.7 Å². The van der Waals surface area contributed by atoms with Crippen molar-refractivity contribution in [2.45, 2.75) is 12.8 Å². The van der Waals surface area contributed by atoms with Gasteiger partial charge in [0.2, 0.25) is 0 Å². The molecule has 114 valence electrons. The number of rotatable bonds is 5. The van der Waals surface area contributed by atoms with E-state index < -0.39 is 5.97 Å². The molecule has 2 rings (SSSR count). The van der Waals surface area contributed by atoms with E-state index in [-0.39, 0.29) is 24.9 Å². The number of carbonyl (C=O) groups excluding carboxylic acids is 1. The molecule has 7 heteroatoms. The van der Waals surface area contributed by atoms with Crippen molar-refractivity contribution in [3.8, 4) is 5.75 Å². The first-order valence-electron chi connectivity index (χ1n) is 6.53. The normalized spacial score (nSPS) is 17.8. The number of carboxylic acids is 1. The van der Waals surface area contributed by atoms with Crippen LogP contribution < -0.4 is 4.74 Å². The molecule has 1 amide bonds. The number of hydrogen-bond donors (Lipinski definition) is 1. The lowest BCUT2D eigenvalue weighted by molar-refractivity contribution is -0.138. The first kappa shape index (κ1) is 16.3. The molecule has 1 heterocycles. The molecule has 1 atom stereocenters. The van der Waals surface area contributed by atoms with Gasteiger partial charge < -0.3 is 14.7 Å². The summed E-state index contributed by atoms with van der Waals surface area (Å²) in [5.74, 6) is -0.277. The minimum Gasteiger partial charge on any atom is -0.483 e. The number of hydrogen-bond acceptors (Lipinski definition) is 3. The fourth-order valence-electron chi connectivity index (χ4n) is 2.30. The summed E-state index contributed by atoms with van der Waals surface area (Å²) in [7, 11) is 0. The monoisotopic (exact) mass is 419 g/mol. The van der Waals surface area contributed by atoms with E-state index in [1.807, 2.05) is 12.1 Å². The minimum absolute atomic E-state index is 0.0416. The molecule has 1 aliphatic rings. The molecule has 21 heavy (non-hydrogen) atoms. The van der Waals surface area contributed by atoms with Gasteiger partial charge in [-0.25, -0.2) is 0 Å². The van der Waals surface area contributed by atoms with Gasteiger partial charge in [-0.1, -0.05) is 15.9 Å². The molecule has 1 fully saturated rings. The van der Waals surface area contributed by atoms with Gasteiger partial charge in [0, 0.05) is 24.0 Å². The first-order chi connectivity index (χ1) is 9.95. The third-order valence-electron chi connectivity index (χ3n) is 3.35. The van der Waals surface area contributed by atoms with Gasteiger partial charge in [-0.2, -0.15) is 0 Å². The van der Waals surface area contributed by atoms with Crippen LogP contribution in [-0.2, 0) is 9.59 Å². The Morgan fingerprint density at radius 2 is 2.14 bits per heavy atom. The van der Waals surface area contributed by atoms with Gasteiger partial charge in [0.25, 0.3) is 5.91 Å². The summed E-state index contributed by atoms with van der Waals surface area (Å²) < 4.78 is 7.20. The Kier molecular flexibility index (Phi) is 5.64. The smallest absolute Gasteiger partial charge is 0.303 e. The summed E-state index contributed by atoms with van der Waals surface area (Å²) in [5, 5.41) is 8.77. The van der Waals surface area contributed by atoms with E-state index in [2.05, 4.69) is 31.9 Å². The quantitative estimate of drug-likeness (QED) is 0.795. The van der Waals surface area contributed by atoms with Gasteiger partial charge in [-0.3, -0.25) is 9.59 Å². The fourth-order valence-corrected chi connectivity index (χ4v) is 3.46. The molecule has 0 aliphatic carbocycles. The maximum Gasteiger partial charge on any atom is 0.303 e. The number of carboxylic acid groups (broad SMARTS) is 1. The van der Waals surface area contributed by atoms with Crippen LogP contribution in [0.25, 0.3) is 0 Å².